The van der Waals surface area contributed by atoms with E-state index in [0.29, 0.717) is 5.03 Å². The Morgan fingerprint density at radius 1 is 1.67 bits per heavy atom. The lowest BCUT2D eigenvalue weighted by Crippen LogP contribution is -2.10. The summed E-state index contributed by atoms with van der Waals surface area (Å²) in [6.07, 6.45) is 5.48. The van der Waals surface area contributed by atoms with Crippen LogP contribution in [0.4, 0.5) is 0 Å². The summed E-state index contributed by atoms with van der Waals surface area (Å²) in [4.78, 5) is 0. The minimum atomic E-state index is 0.0358. The van der Waals surface area contributed by atoms with E-state index in [1.54, 1.807) is 6.08 Å². The van der Waals surface area contributed by atoms with Gasteiger partial charge >= 0.3 is 0 Å². The Balaban J connectivity index is 3.84. The summed E-state index contributed by atoms with van der Waals surface area (Å²) in [5.74, 6) is 0. The summed E-state index contributed by atoms with van der Waals surface area (Å²) in [7, 11) is 0. The van der Waals surface area contributed by atoms with Gasteiger partial charge in [-0.1, -0.05) is 17.7 Å². The Morgan fingerprint density at radius 3 is 2.56 bits per heavy atom. The second-order valence-corrected chi connectivity index (χ2v) is 2.35. The maximum absolute atomic E-state index is 5.67. The number of rotatable bonds is 2. The van der Waals surface area contributed by atoms with Crippen molar-refractivity contribution in [3.05, 3.63) is 23.3 Å². The van der Waals surface area contributed by atoms with Crippen LogP contribution in [0, 0.1) is 0 Å². The minimum Gasteiger partial charge on any atom is -0.325 e. The number of halogens is 1. The first-order valence-corrected chi connectivity index (χ1v) is 3.30. The average Bonchev–Trinajstić information content (AvgIpc) is 1.63. The zero-order valence-electron chi connectivity index (χ0n) is 5.76. The Hall–Kier alpha value is -0.270. The van der Waals surface area contributed by atoms with Crippen LogP contribution >= 0.6 is 11.6 Å². The summed E-state index contributed by atoms with van der Waals surface area (Å²) in [6.45, 7) is 3.79. The summed E-state index contributed by atoms with van der Waals surface area (Å²) >= 11 is 5.67. The summed E-state index contributed by atoms with van der Waals surface area (Å²) in [5.41, 5.74) is 5.43. The fourth-order valence-corrected chi connectivity index (χ4v) is 0.791. The highest BCUT2D eigenvalue weighted by Gasteiger charge is 1.87. The molecule has 0 aromatic rings. The van der Waals surface area contributed by atoms with Gasteiger partial charge < -0.3 is 5.73 Å². The van der Waals surface area contributed by atoms with Gasteiger partial charge in [0.2, 0.25) is 0 Å². The molecule has 0 aliphatic rings. The first-order chi connectivity index (χ1) is 4.16. The second-order valence-electron chi connectivity index (χ2n) is 1.91. The quantitative estimate of drug-likeness (QED) is 0.592. The van der Waals surface area contributed by atoms with Crippen LogP contribution in [0.1, 0.15) is 13.8 Å². The van der Waals surface area contributed by atoms with Crippen molar-refractivity contribution in [3.8, 4) is 0 Å². The number of hydrogen-bond donors (Lipinski definition) is 1. The van der Waals surface area contributed by atoms with Gasteiger partial charge in [-0.15, -0.1) is 0 Å². The highest BCUT2D eigenvalue weighted by molar-refractivity contribution is 6.31. The molecule has 0 rings (SSSR count). The van der Waals surface area contributed by atoms with Gasteiger partial charge in [0.05, 0.1) is 0 Å². The standard InChI is InChI=1S/C7H12ClN/c1-3-4-7(8)5-6(2)9/h3-6H,9H2,1-2H3/b4-3-,7-5+. The SMILES string of the molecule is C/C=C\C(Cl)=C/C(C)N. The lowest BCUT2D eigenvalue weighted by molar-refractivity contribution is 0.924. The van der Waals surface area contributed by atoms with E-state index < -0.39 is 0 Å². The maximum atomic E-state index is 5.67. The van der Waals surface area contributed by atoms with Gasteiger partial charge in [0.25, 0.3) is 0 Å². The fraction of sp³-hybridized carbons (Fsp3) is 0.429. The van der Waals surface area contributed by atoms with Crippen molar-refractivity contribution in [2.75, 3.05) is 0 Å². The molecule has 0 aliphatic carbocycles. The average molecular weight is 146 g/mol. The lowest BCUT2D eigenvalue weighted by atomic mass is 10.3. The summed E-state index contributed by atoms with van der Waals surface area (Å²) in [6, 6.07) is 0.0358. The number of nitrogens with two attached hydrogens (primary N) is 1. The molecule has 2 N–H and O–H groups in total. The highest BCUT2D eigenvalue weighted by Crippen LogP contribution is 2.02. The van der Waals surface area contributed by atoms with Gasteiger partial charge in [-0.05, 0) is 26.0 Å². The summed E-state index contributed by atoms with van der Waals surface area (Å²) < 4.78 is 0. The lowest BCUT2D eigenvalue weighted by Gasteiger charge is -1.93. The van der Waals surface area contributed by atoms with Crippen LogP contribution in [0.3, 0.4) is 0 Å². The molecule has 1 atom stereocenters. The topological polar surface area (TPSA) is 26.0 Å². The molecule has 9 heavy (non-hydrogen) atoms. The van der Waals surface area contributed by atoms with Crippen LogP contribution in [-0.4, -0.2) is 6.04 Å². The van der Waals surface area contributed by atoms with E-state index in [0.717, 1.165) is 0 Å². The molecule has 52 valence electrons. The predicted octanol–water partition coefficient (Wildman–Crippen LogP) is 2.03. The number of hydrogen-bond acceptors (Lipinski definition) is 1. The zero-order valence-corrected chi connectivity index (χ0v) is 6.52. The van der Waals surface area contributed by atoms with Gasteiger partial charge in [0.15, 0.2) is 0 Å². The van der Waals surface area contributed by atoms with Crippen LogP contribution in [0.25, 0.3) is 0 Å². The molecule has 0 aliphatic heterocycles. The molecule has 0 bridgehead atoms. The zero-order chi connectivity index (χ0) is 7.28. The van der Waals surface area contributed by atoms with Crippen LogP contribution in [0.15, 0.2) is 23.3 Å². The third-order valence-corrected chi connectivity index (χ3v) is 1.000. The van der Waals surface area contributed by atoms with Gasteiger partial charge in [0, 0.05) is 11.1 Å². The van der Waals surface area contributed by atoms with Crippen molar-refractivity contribution in [2.45, 2.75) is 19.9 Å². The molecule has 1 unspecified atom stereocenters. The first kappa shape index (κ1) is 8.73. The van der Waals surface area contributed by atoms with Crippen molar-refractivity contribution in [2.24, 2.45) is 5.73 Å². The molecule has 0 heterocycles. The van der Waals surface area contributed by atoms with Crippen molar-refractivity contribution in [3.63, 3.8) is 0 Å². The highest BCUT2D eigenvalue weighted by atomic mass is 35.5. The molecule has 2 heteroatoms. The molecule has 0 radical (unpaired) electrons. The van der Waals surface area contributed by atoms with E-state index in [2.05, 4.69) is 0 Å². The molecule has 1 nitrogen and oxygen atoms in total. The van der Waals surface area contributed by atoms with Crippen LogP contribution in [0.5, 0.6) is 0 Å². The van der Waals surface area contributed by atoms with E-state index in [-0.39, 0.29) is 6.04 Å². The van der Waals surface area contributed by atoms with Crippen LogP contribution in [0.2, 0.25) is 0 Å². The van der Waals surface area contributed by atoms with Crippen molar-refractivity contribution in [1.82, 2.24) is 0 Å². The molecule has 0 aromatic heterocycles. The van der Waals surface area contributed by atoms with E-state index in [1.165, 1.54) is 0 Å². The fourth-order valence-electron chi connectivity index (χ4n) is 0.466. The monoisotopic (exact) mass is 145 g/mol. The molecule has 0 fully saturated rings. The first-order valence-electron chi connectivity index (χ1n) is 2.92. The second kappa shape index (κ2) is 4.59. The van der Waals surface area contributed by atoms with Crippen molar-refractivity contribution >= 4 is 11.6 Å². The molecule has 0 saturated heterocycles. The Bertz CT molecular complexity index is 125. The van der Waals surface area contributed by atoms with E-state index in [4.69, 9.17) is 17.3 Å². The van der Waals surface area contributed by atoms with Gasteiger partial charge in [-0.3, -0.25) is 0 Å². The van der Waals surface area contributed by atoms with Crippen molar-refractivity contribution < 1.29 is 0 Å². The molecular weight excluding hydrogens is 134 g/mol. The van der Waals surface area contributed by atoms with Crippen LogP contribution in [-0.2, 0) is 0 Å². The Morgan fingerprint density at radius 2 is 2.22 bits per heavy atom. The normalized spacial score (nSPS) is 16.7. The summed E-state index contributed by atoms with van der Waals surface area (Å²) in [5, 5.41) is 0.701. The largest absolute Gasteiger partial charge is 0.325 e. The Kier molecular flexibility index (Phi) is 4.46. The van der Waals surface area contributed by atoms with Gasteiger partial charge in [0.1, 0.15) is 0 Å². The third-order valence-electron chi connectivity index (χ3n) is 0.748. The molecule has 0 amide bonds. The Labute approximate surface area is 61.2 Å². The van der Waals surface area contributed by atoms with E-state index >= 15 is 0 Å². The maximum Gasteiger partial charge on any atom is 0.0378 e. The van der Waals surface area contributed by atoms with Crippen LogP contribution < -0.4 is 5.73 Å². The van der Waals surface area contributed by atoms with Gasteiger partial charge in [-0.2, -0.15) is 0 Å². The van der Waals surface area contributed by atoms with E-state index in [9.17, 15) is 0 Å². The van der Waals surface area contributed by atoms with Crippen molar-refractivity contribution in [1.29, 1.82) is 0 Å². The van der Waals surface area contributed by atoms with E-state index in [1.807, 2.05) is 26.0 Å². The predicted molar refractivity (Wildman–Crippen MR) is 42.4 cm³/mol. The number of allylic oxidation sites excluding steroid dienone is 3. The smallest absolute Gasteiger partial charge is 0.0378 e. The molecule has 0 aromatic carbocycles. The molecule has 0 saturated carbocycles. The third kappa shape index (κ3) is 5.60. The minimum absolute atomic E-state index is 0.0358. The molecular formula is C7H12ClN. The van der Waals surface area contributed by atoms with Gasteiger partial charge in [-0.25, -0.2) is 0 Å². The molecule has 0 spiro atoms.